The normalized spacial score (nSPS) is 17.2. The van der Waals surface area contributed by atoms with E-state index in [1.54, 1.807) is 23.4 Å². The van der Waals surface area contributed by atoms with Crippen molar-refractivity contribution in [2.45, 2.75) is 37.8 Å². The van der Waals surface area contributed by atoms with Crippen LogP contribution in [0.3, 0.4) is 0 Å². The number of amides is 1. The van der Waals surface area contributed by atoms with Gasteiger partial charge in [0, 0.05) is 44.0 Å². The third-order valence-corrected chi connectivity index (χ3v) is 4.39. The standard InChI is InChI=1S/C16H21N5O2/c22-15(4-2-8-21-13-18-12-19-21)20-9-5-16(23,6-10-20)14-3-1-7-17-11-14/h1,3,7,11-13,23H,2,4-6,8-10H2. The summed E-state index contributed by atoms with van der Waals surface area (Å²) < 4.78 is 1.73. The van der Waals surface area contributed by atoms with E-state index in [9.17, 15) is 9.90 Å². The highest BCUT2D eigenvalue weighted by Crippen LogP contribution is 2.32. The van der Waals surface area contributed by atoms with Crippen LogP contribution in [0, 0.1) is 0 Å². The molecule has 0 spiro atoms. The smallest absolute Gasteiger partial charge is 0.222 e. The van der Waals surface area contributed by atoms with E-state index < -0.39 is 5.60 Å². The Morgan fingerprint density at radius 2 is 2.13 bits per heavy atom. The topological polar surface area (TPSA) is 84.1 Å². The van der Waals surface area contributed by atoms with Crippen molar-refractivity contribution in [1.82, 2.24) is 24.6 Å². The van der Waals surface area contributed by atoms with E-state index in [-0.39, 0.29) is 5.91 Å². The second kappa shape index (κ2) is 6.87. The Labute approximate surface area is 135 Å². The number of rotatable bonds is 5. The van der Waals surface area contributed by atoms with Crippen molar-refractivity contribution in [3.05, 3.63) is 42.7 Å². The zero-order valence-corrected chi connectivity index (χ0v) is 13.0. The Bertz CT molecular complexity index is 621. The maximum absolute atomic E-state index is 12.3. The van der Waals surface area contributed by atoms with Crippen LogP contribution >= 0.6 is 0 Å². The Morgan fingerprint density at radius 1 is 1.30 bits per heavy atom. The van der Waals surface area contributed by atoms with Crippen molar-refractivity contribution in [2.24, 2.45) is 0 Å². The number of aryl methyl sites for hydroxylation is 1. The number of aromatic nitrogens is 4. The molecule has 0 aliphatic carbocycles. The highest BCUT2D eigenvalue weighted by atomic mass is 16.3. The molecule has 1 saturated heterocycles. The predicted octanol–water partition coefficient (Wildman–Crippen LogP) is 0.963. The first-order valence-corrected chi connectivity index (χ1v) is 7.90. The first kappa shape index (κ1) is 15.6. The number of likely N-dealkylation sites (tertiary alicyclic amines) is 1. The number of carbonyl (C=O) groups is 1. The molecule has 3 rings (SSSR count). The largest absolute Gasteiger partial charge is 0.385 e. The number of piperidine rings is 1. The molecule has 0 unspecified atom stereocenters. The molecule has 2 aromatic rings. The van der Waals surface area contributed by atoms with E-state index in [0.29, 0.717) is 38.9 Å². The molecule has 1 fully saturated rings. The van der Waals surface area contributed by atoms with Gasteiger partial charge in [-0.15, -0.1) is 0 Å². The minimum absolute atomic E-state index is 0.137. The zero-order chi connectivity index (χ0) is 16.1. The molecule has 1 amide bonds. The summed E-state index contributed by atoms with van der Waals surface area (Å²) in [4.78, 5) is 22.0. The molecular formula is C16H21N5O2. The third-order valence-electron chi connectivity index (χ3n) is 4.39. The molecule has 1 aliphatic rings. The lowest BCUT2D eigenvalue weighted by Gasteiger charge is -2.38. The molecule has 7 nitrogen and oxygen atoms in total. The SMILES string of the molecule is O=C(CCCn1cncn1)N1CCC(O)(c2cccnc2)CC1. The number of aliphatic hydroxyl groups is 1. The molecule has 1 aliphatic heterocycles. The average Bonchev–Trinajstić information content (AvgIpc) is 3.10. The number of carbonyl (C=O) groups excluding carboxylic acids is 1. The third kappa shape index (κ3) is 3.73. The van der Waals surface area contributed by atoms with Crippen molar-refractivity contribution in [3.63, 3.8) is 0 Å². The van der Waals surface area contributed by atoms with E-state index in [1.807, 2.05) is 17.0 Å². The maximum Gasteiger partial charge on any atom is 0.222 e. The van der Waals surface area contributed by atoms with Gasteiger partial charge in [0.25, 0.3) is 0 Å². The lowest BCUT2D eigenvalue weighted by molar-refractivity contribution is -0.135. The number of hydrogen-bond donors (Lipinski definition) is 1. The fourth-order valence-corrected chi connectivity index (χ4v) is 2.95. The summed E-state index contributed by atoms with van der Waals surface area (Å²) in [6.07, 6.45) is 8.87. The molecule has 0 aromatic carbocycles. The first-order valence-electron chi connectivity index (χ1n) is 7.90. The second-order valence-corrected chi connectivity index (χ2v) is 5.92. The van der Waals surface area contributed by atoms with Crippen LogP contribution in [0.4, 0.5) is 0 Å². The summed E-state index contributed by atoms with van der Waals surface area (Å²) >= 11 is 0. The van der Waals surface area contributed by atoms with Crippen LogP contribution in [0.1, 0.15) is 31.2 Å². The van der Waals surface area contributed by atoms with Gasteiger partial charge in [-0.2, -0.15) is 5.10 Å². The number of hydrogen-bond acceptors (Lipinski definition) is 5. The summed E-state index contributed by atoms with van der Waals surface area (Å²) in [6, 6.07) is 3.72. The van der Waals surface area contributed by atoms with E-state index in [4.69, 9.17) is 0 Å². The fraction of sp³-hybridized carbons (Fsp3) is 0.500. The zero-order valence-electron chi connectivity index (χ0n) is 13.0. The Kier molecular flexibility index (Phi) is 4.66. The van der Waals surface area contributed by atoms with Crippen LogP contribution in [0.15, 0.2) is 37.2 Å². The molecule has 0 saturated carbocycles. The van der Waals surface area contributed by atoms with Gasteiger partial charge in [0.15, 0.2) is 0 Å². The molecule has 0 radical (unpaired) electrons. The van der Waals surface area contributed by atoms with Gasteiger partial charge in [-0.05, 0) is 25.3 Å². The average molecular weight is 315 g/mol. The molecule has 122 valence electrons. The van der Waals surface area contributed by atoms with E-state index in [2.05, 4.69) is 15.1 Å². The van der Waals surface area contributed by atoms with Crippen LogP contribution in [0.2, 0.25) is 0 Å². The molecular weight excluding hydrogens is 294 g/mol. The van der Waals surface area contributed by atoms with Crippen molar-refractivity contribution >= 4 is 5.91 Å². The van der Waals surface area contributed by atoms with Crippen LogP contribution in [-0.4, -0.2) is 48.8 Å². The quantitative estimate of drug-likeness (QED) is 0.888. The second-order valence-electron chi connectivity index (χ2n) is 5.92. The van der Waals surface area contributed by atoms with Crippen molar-refractivity contribution in [2.75, 3.05) is 13.1 Å². The first-order chi connectivity index (χ1) is 11.2. The molecule has 23 heavy (non-hydrogen) atoms. The van der Waals surface area contributed by atoms with Crippen molar-refractivity contribution in [1.29, 1.82) is 0 Å². The van der Waals surface area contributed by atoms with Crippen LogP contribution in [0.25, 0.3) is 0 Å². The van der Waals surface area contributed by atoms with Crippen molar-refractivity contribution in [3.8, 4) is 0 Å². The molecule has 3 heterocycles. The summed E-state index contributed by atoms with van der Waals surface area (Å²) in [5, 5.41) is 14.8. The van der Waals surface area contributed by atoms with Crippen LogP contribution < -0.4 is 0 Å². The highest BCUT2D eigenvalue weighted by molar-refractivity contribution is 5.76. The monoisotopic (exact) mass is 315 g/mol. The van der Waals surface area contributed by atoms with Gasteiger partial charge >= 0.3 is 0 Å². The summed E-state index contributed by atoms with van der Waals surface area (Å²) in [5.41, 5.74) is -0.0375. The molecule has 2 aromatic heterocycles. The molecule has 7 heteroatoms. The van der Waals surface area contributed by atoms with Gasteiger partial charge in [0.1, 0.15) is 12.7 Å². The maximum atomic E-state index is 12.3. The Balaban J connectivity index is 1.47. The van der Waals surface area contributed by atoms with Crippen LogP contribution in [0.5, 0.6) is 0 Å². The Hall–Kier alpha value is -2.28. The van der Waals surface area contributed by atoms with Gasteiger partial charge in [-0.25, -0.2) is 4.98 Å². The summed E-state index contributed by atoms with van der Waals surface area (Å²) in [5.74, 6) is 0.137. The van der Waals surface area contributed by atoms with E-state index >= 15 is 0 Å². The fourth-order valence-electron chi connectivity index (χ4n) is 2.95. The molecule has 0 atom stereocenters. The molecule has 1 N–H and O–H groups in total. The van der Waals surface area contributed by atoms with E-state index in [0.717, 1.165) is 12.0 Å². The minimum atomic E-state index is -0.869. The minimum Gasteiger partial charge on any atom is -0.385 e. The van der Waals surface area contributed by atoms with Crippen LogP contribution in [-0.2, 0) is 16.9 Å². The van der Waals surface area contributed by atoms with Gasteiger partial charge in [0.2, 0.25) is 5.91 Å². The van der Waals surface area contributed by atoms with Gasteiger partial charge < -0.3 is 10.0 Å². The van der Waals surface area contributed by atoms with Gasteiger partial charge in [-0.3, -0.25) is 14.5 Å². The lowest BCUT2D eigenvalue weighted by Crippen LogP contribution is -2.45. The highest BCUT2D eigenvalue weighted by Gasteiger charge is 2.35. The van der Waals surface area contributed by atoms with Gasteiger partial charge in [0.05, 0.1) is 5.60 Å². The van der Waals surface area contributed by atoms with E-state index in [1.165, 1.54) is 6.33 Å². The number of pyridine rings is 1. The Morgan fingerprint density at radius 3 is 2.78 bits per heavy atom. The molecule has 0 bridgehead atoms. The predicted molar refractivity (Wildman–Crippen MR) is 83.2 cm³/mol. The van der Waals surface area contributed by atoms with Gasteiger partial charge in [-0.1, -0.05) is 6.07 Å². The van der Waals surface area contributed by atoms with Crippen molar-refractivity contribution < 1.29 is 9.90 Å². The lowest BCUT2D eigenvalue weighted by atomic mass is 9.85. The summed E-state index contributed by atoms with van der Waals surface area (Å²) in [6.45, 7) is 1.85. The number of nitrogens with zero attached hydrogens (tertiary/aromatic N) is 5. The summed E-state index contributed by atoms with van der Waals surface area (Å²) in [7, 11) is 0.